The molecule has 0 heterocycles. The van der Waals surface area contributed by atoms with Crippen LogP contribution in [0.4, 0.5) is 0 Å². The minimum absolute atomic E-state index is 0.495. The van der Waals surface area contributed by atoms with Gasteiger partial charge in [-0.2, -0.15) is 0 Å². The highest BCUT2D eigenvalue weighted by atomic mass is 16.5. The van der Waals surface area contributed by atoms with Crippen molar-refractivity contribution in [1.29, 1.82) is 0 Å². The van der Waals surface area contributed by atoms with Gasteiger partial charge in [0.15, 0.2) is 0 Å². The summed E-state index contributed by atoms with van der Waals surface area (Å²) in [6, 6.07) is 6.13. The predicted octanol–water partition coefficient (Wildman–Crippen LogP) is 2.71. The van der Waals surface area contributed by atoms with Gasteiger partial charge in [0.2, 0.25) is 0 Å². The van der Waals surface area contributed by atoms with Gasteiger partial charge in [-0.05, 0) is 49.8 Å². The lowest BCUT2D eigenvalue weighted by molar-refractivity contribution is 0.0372. The SMILES string of the molecule is COc1ccc(CC(C)(O)C2CC2)cc1C. The monoisotopic (exact) mass is 220 g/mol. The normalized spacial score (nSPS) is 19.2. The van der Waals surface area contributed by atoms with E-state index in [2.05, 4.69) is 6.07 Å². The summed E-state index contributed by atoms with van der Waals surface area (Å²) in [5.41, 5.74) is 1.78. The van der Waals surface area contributed by atoms with Crippen LogP contribution in [0.5, 0.6) is 5.75 Å². The second-order valence-electron chi connectivity index (χ2n) is 5.11. The molecule has 0 radical (unpaired) electrons. The molecule has 1 aromatic rings. The quantitative estimate of drug-likeness (QED) is 0.845. The fourth-order valence-corrected chi connectivity index (χ4v) is 2.31. The molecule has 0 aliphatic heterocycles. The zero-order chi connectivity index (χ0) is 11.8. The zero-order valence-electron chi connectivity index (χ0n) is 10.3. The lowest BCUT2D eigenvalue weighted by Gasteiger charge is -2.23. The summed E-state index contributed by atoms with van der Waals surface area (Å²) < 4.78 is 5.23. The second kappa shape index (κ2) is 4.10. The van der Waals surface area contributed by atoms with E-state index < -0.39 is 5.60 Å². The number of hydrogen-bond donors (Lipinski definition) is 1. The maximum atomic E-state index is 10.3. The van der Waals surface area contributed by atoms with Crippen molar-refractivity contribution in [3.05, 3.63) is 29.3 Å². The van der Waals surface area contributed by atoms with E-state index in [1.165, 1.54) is 18.4 Å². The molecule has 0 amide bonds. The molecule has 16 heavy (non-hydrogen) atoms. The van der Waals surface area contributed by atoms with Crippen molar-refractivity contribution < 1.29 is 9.84 Å². The van der Waals surface area contributed by atoms with Crippen molar-refractivity contribution in [2.45, 2.75) is 38.7 Å². The Kier molecular flexibility index (Phi) is 2.94. The minimum atomic E-state index is -0.541. The smallest absolute Gasteiger partial charge is 0.121 e. The highest BCUT2D eigenvalue weighted by molar-refractivity contribution is 5.36. The largest absolute Gasteiger partial charge is 0.496 e. The molecule has 1 N–H and O–H groups in total. The average Bonchev–Trinajstić information content (AvgIpc) is 3.00. The number of ether oxygens (including phenoxy) is 1. The Morgan fingerprint density at radius 1 is 1.44 bits per heavy atom. The van der Waals surface area contributed by atoms with Crippen molar-refractivity contribution in [3.63, 3.8) is 0 Å². The molecule has 1 unspecified atom stereocenters. The molecule has 0 bridgehead atoms. The Bertz CT molecular complexity index is 378. The maximum Gasteiger partial charge on any atom is 0.121 e. The first-order chi connectivity index (χ1) is 7.53. The van der Waals surface area contributed by atoms with E-state index in [9.17, 15) is 5.11 Å². The van der Waals surface area contributed by atoms with E-state index in [1.807, 2.05) is 26.0 Å². The van der Waals surface area contributed by atoms with Gasteiger partial charge in [-0.15, -0.1) is 0 Å². The van der Waals surface area contributed by atoms with Gasteiger partial charge in [0, 0.05) is 6.42 Å². The van der Waals surface area contributed by atoms with Crippen LogP contribution in [-0.4, -0.2) is 17.8 Å². The third-order valence-corrected chi connectivity index (χ3v) is 3.48. The lowest BCUT2D eigenvalue weighted by atomic mass is 9.91. The molecule has 0 aromatic heterocycles. The van der Waals surface area contributed by atoms with Crippen LogP contribution >= 0.6 is 0 Å². The van der Waals surface area contributed by atoms with Crippen molar-refractivity contribution in [2.24, 2.45) is 5.92 Å². The molecule has 0 saturated heterocycles. The lowest BCUT2D eigenvalue weighted by Crippen LogP contribution is -2.29. The molecule has 0 spiro atoms. The Morgan fingerprint density at radius 3 is 2.62 bits per heavy atom. The molecule has 1 aliphatic rings. The van der Waals surface area contributed by atoms with Gasteiger partial charge in [-0.25, -0.2) is 0 Å². The van der Waals surface area contributed by atoms with E-state index in [4.69, 9.17) is 4.74 Å². The highest BCUT2D eigenvalue weighted by Crippen LogP contribution is 2.41. The van der Waals surface area contributed by atoms with Gasteiger partial charge in [-0.1, -0.05) is 12.1 Å². The molecular weight excluding hydrogens is 200 g/mol. The summed E-state index contributed by atoms with van der Waals surface area (Å²) >= 11 is 0. The number of aryl methyl sites for hydroxylation is 1. The number of rotatable bonds is 4. The third kappa shape index (κ3) is 2.38. The van der Waals surface area contributed by atoms with Crippen LogP contribution in [0, 0.1) is 12.8 Å². The maximum absolute atomic E-state index is 10.3. The van der Waals surface area contributed by atoms with Crippen molar-refractivity contribution >= 4 is 0 Å². The summed E-state index contributed by atoms with van der Waals surface area (Å²) in [7, 11) is 1.68. The number of benzene rings is 1. The average molecular weight is 220 g/mol. The summed E-state index contributed by atoms with van der Waals surface area (Å²) in [4.78, 5) is 0. The molecule has 1 aliphatic carbocycles. The fraction of sp³-hybridized carbons (Fsp3) is 0.571. The molecule has 2 rings (SSSR count). The van der Waals surface area contributed by atoms with E-state index >= 15 is 0 Å². The molecule has 1 fully saturated rings. The Hall–Kier alpha value is -1.02. The minimum Gasteiger partial charge on any atom is -0.496 e. The summed E-state index contributed by atoms with van der Waals surface area (Å²) in [5, 5.41) is 10.3. The Balaban J connectivity index is 2.12. The first-order valence-corrected chi connectivity index (χ1v) is 5.89. The van der Waals surface area contributed by atoms with Gasteiger partial charge in [-0.3, -0.25) is 0 Å². The first kappa shape index (κ1) is 11.5. The molecule has 1 aromatic carbocycles. The molecule has 1 atom stereocenters. The summed E-state index contributed by atoms with van der Waals surface area (Å²) in [6.07, 6.45) is 3.08. The van der Waals surface area contributed by atoms with Crippen LogP contribution in [0.2, 0.25) is 0 Å². The van der Waals surface area contributed by atoms with Gasteiger partial charge < -0.3 is 9.84 Å². The Morgan fingerprint density at radius 2 is 2.12 bits per heavy atom. The van der Waals surface area contributed by atoms with Crippen LogP contribution in [0.15, 0.2) is 18.2 Å². The van der Waals surface area contributed by atoms with E-state index in [0.29, 0.717) is 5.92 Å². The summed E-state index contributed by atoms with van der Waals surface area (Å²) in [5.74, 6) is 1.41. The van der Waals surface area contributed by atoms with Gasteiger partial charge >= 0.3 is 0 Å². The van der Waals surface area contributed by atoms with Gasteiger partial charge in [0.05, 0.1) is 12.7 Å². The van der Waals surface area contributed by atoms with Crippen LogP contribution in [0.1, 0.15) is 30.9 Å². The zero-order valence-corrected chi connectivity index (χ0v) is 10.3. The van der Waals surface area contributed by atoms with Crippen molar-refractivity contribution in [1.82, 2.24) is 0 Å². The van der Waals surface area contributed by atoms with E-state index in [0.717, 1.165) is 17.7 Å². The highest BCUT2D eigenvalue weighted by Gasteiger charge is 2.39. The number of aliphatic hydroxyl groups is 1. The Labute approximate surface area is 97.3 Å². The predicted molar refractivity (Wildman–Crippen MR) is 64.8 cm³/mol. The molecule has 88 valence electrons. The van der Waals surface area contributed by atoms with Crippen LogP contribution < -0.4 is 4.74 Å². The number of methoxy groups -OCH3 is 1. The fourth-order valence-electron chi connectivity index (χ4n) is 2.31. The van der Waals surface area contributed by atoms with E-state index in [1.54, 1.807) is 7.11 Å². The van der Waals surface area contributed by atoms with Crippen LogP contribution in [0.25, 0.3) is 0 Å². The van der Waals surface area contributed by atoms with E-state index in [-0.39, 0.29) is 0 Å². The van der Waals surface area contributed by atoms with Crippen molar-refractivity contribution in [3.8, 4) is 5.75 Å². The van der Waals surface area contributed by atoms with Gasteiger partial charge in [0.1, 0.15) is 5.75 Å². The molecule has 2 nitrogen and oxygen atoms in total. The van der Waals surface area contributed by atoms with Crippen LogP contribution in [-0.2, 0) is 6.42 Å². The second-order valence-corrected chi connectivity index (χ2v) is 5.11. The van der Waals surface area contributed by atoms with Gasteiger partial charge in [0.25, 0.3) is 0 Å². The van der Waals surface area contributed by atoms with Crippen molar-refractivity contribution in [2.75, 3.05) is 7.11 Å². The molecule has 2 heteroatoms. The topological polar surface area (TPSA) is 29.5 Å². The number of hydrogen-bond acceptors (Lipinski definition) is 2. The molecule has 1 saturated carbocycles. The third-order valence-electron chi connectivity index (χ3n) is 3.48. The summed E-state index contributed by atoms with van der Waals surface area (Å²) in [6.45, 7) is 3.98. The first-order valence-electron chi connectivity index (χ1n) is 5.89. The standard InChI is InChI=1S/C14H20O2/c1-10-8-11(4-7-13(10)16-3)9-14(2,15)12-5-6-12/h4,7-8,12,15H,5-6,9H2,1-3H3. The van der Waals surface area contributed by atoms with Crippen LogP contribution in [0.3, 0.4) is 0 Å². The molecular formula is C14H20O2.